The van der Waals surface area contributed by atoms with Crippen molar-refractivity contribution in [2.45, 2.75) is 6.04 Å². The van der Waals surface area contributed by atoms with Crippen LogP contribution in [0.4, 0.5) is 5.69 Å². The van der Waals surface area contributed by atoms with Crippen LogP contribution < -0.4 is 10.6 Å². The number of nitrogens with zero attached hydrogens (tertiary/aromatic N) is 2. The van der Waals surface area contributed by atoms with Crippen molar-refractivity contribution in [1.29, 1.82) is 0 Å². The number of pyridine rings is 1. The number of nitrogens with one attached hydrogen (secondary N) is 2. The summed E-state index contributed by atoms with van der Waals surface area (Å²) in [6.45, 7) is 3.09. The lowest BCUT2D eigenvalue weighted by Crippen LogP contribution is -2.45. The van der Waals surface area contributed by atoms with E-state index in [9.17, 15) is 9.59 Å². The predicted octanol–water partition coefficient (Wildman–Crippen LogP) is 1.86. The molecule has 0 radical (unpaired) electrons. The average Bonchev–Trinajstić information content (AvgIpc) is 2.69. The van der Waals surface area contributed by atoms with Gasteiger partial charge in [0.1, 0.15) is 0 Å². The molecular weight excluding hydrogens is 368 g/mol. The van der Waals surface area contributed by atoms with Crippen LogP contribution in [-0.2, 0) is 14.3 Å². The van der Waals surface area contributed by atoms with Crippen LogP contribution in [0.1, 0.15) is 11.6 Å². The molecule has 0 bridgehead atoms. The van der Waals surface area contributed by atoms with Crippen LogP contribution in [0, 0.1) is 0 Å². The standard InChI is InChI=1S/C19H21ClN4O3/c20-15-4-1-5-16(11-15)23-19(26)18(25)22-13-17(14-3-2-6-21-12-14)24-7-9-27-10-8-24/h1-6,11-12,17H,7-10,13H2,(H,22,25)(H,23,26)/t17-/m0/s1. The van der Waals surface area contributed by atoms with Gasteiger partial charge in [-0.05, 0) is 29.8 Å². The molecule has 0 spiro atoms. The Kier molecular flexibility index (Phi) is 6.75. The number of aromatic nitrogens is 1. The van der Waals surface area contributed by atoms with E-state index in [1.807, 2.05) is 12.1 Å². The number of anilines is 1. The molecule has 1 fully saturated rings. The average molecular weight is 389 g/mol. The molecule has 8 heteroatoms. The van der Waals surface area contributed by atoms with Crippen molar-refractivity contribution >= 4 is 29.1 Å². The summed E-state index contributed by atoms with van der Waals surface area (Å²) in [7, 11) is 0. The van der Waals surface area contributed by atoms with Crippen LogP contribution in [0.25, 0.3) is 0 Å². The predicted molar refractivity (Wildman–Crippen MR) is 102 cm³/mol. The minimum atomic E-state index is -0.732. The number of morpholine rings is 1. The first-order valence-electron chi connectivity index (χ1n) is 8.70. The molecule has 27 heavy (non-hydrogen) atoms. The topological polar surface area (TPSA) is 83.6 Å². The summed E-state index contributed by atoms with van der Waals surface area (Å²) >= 11 is 5.89. The molecule has 0 aliphatic carbocycles. The van der Waals surface area contributed by atoms with Gasteiger partial charge in [-0.15, -0.1) is 0 Å². The Morgan fingerprint density at radius 2 is 2.00 bits per heavy atom. The van der Waals surface area contributed by atoms with Crippen LogP contribution in [0.3, 0.4) is 0 Å². The molecule has 1 atom stereocenters. The summed E-state index contributed by atoms with van der Waals surface area (Å²) in [5, 5.41) is 5.75. The van der Waals surface area contributed by atoms with Gasteiger partial charge in [0.2, 0.25) is 0 Å². The highest BCUT2D eigenvalue weighted by Crippen LogP contribution is 2.20. The van der Waals surface area contributed by atoms with Gasteiger partial charge in [0.15, 0.2) is 0 Å². The second-order valence-electron chi connectivity index (χ2n) is 6.12. The molecule has 0 saturated carbocycles. The Bertz CT molecular complexity index is 782. The molecule has 0 unspecified atom stereocenters. The summed E-state index contributed by atoms with van der Waals surface area (Å²) < 4.78 is 5.41. The Morgan fingerprint density at radius 1 is 1.19 bits per heavy atom. The van der Waals surface area contributed by atoms with Crippen molar-refractivity contribution in [2.24, 2.45) is 0 Å². The minimum absolute atomic E-state index is 0.0782. The number of halogens is 1. The van der Waals surface area contributed by atoms with E-state index in [0.29, 0.717) is 30.5 Å². The highest BCUT2D eigenvalue weighted by molar-refractivity contribution is 6.39. The van der Waals surface area contributed by atoms with E-state index in [0.717, 1.165) is 18.7 Å². The SMILES string of the molecule is O=C(NC[C@@H](c1cccnc1)N1CCOCC1)C(=O)Nc1cccc(Cl)c1. The molecular formula is C19H21ClN4O3. The molecule has 1 aliphatic rings. The quantitative estimate of drug-likeness (QED) is 0.764. The molecule has 2 heterocycles. The van der Waals surface area contributed by atoms with E-state index >= 15 is 0 Å². The lowest BCUT2D eigenvalue weighted by molar-refractivity contribution is -0.136. The summed E-state index contributed by atoms with van der Waals surface area (Å²) in [6, 6.07) is 10.4. The van der Waals surface area contributed by atoms with E-state index < -0.39 is 11.8 Å². The molecule has 1 aromatic carbocycles. The van der Waals surface area contributed by atoms with E-state index in [4.69, 9.17) is 16.3 Å². The second kappa shape index (κ2) is 9.45. The fraction of sp³-hybridized carbons (Fsp3) is 0.316. The maximum absolute atomic E-state index is 12.2. The van der Waals surface area contributed by atoms with Crippen molar-refractivity contribution in [2.75, 3.05) is 38.2 Å². The van der Waals surface area contributed by atoms with Gasteiger partial charge in [-0.25, -0.2) is 0 Å². The van der Waals surface area contributed by atoms with Crippen LogP contribution in [-0.4, -0.2) is 54.5 Å². The number of hydrogen-bond acceptors (Lipinski definition) is 5. The lowest BCUT2D eigenvalue weighted by atomic mass is 10.1. The largest absolute Gasteiger partial charge is 0.379 e. The van der Waals surface area contributed by atoms with E-state index in [1.165, 1.54) is 0 Å². The Balaban J connectivity index is 1.62. The zero-order chi connectivity index (χ0) is 19.1. The van der Waals surface area contributed by atoms with Crippen molar-refractivity contribution in [1.82, 2.24) is 15.2 Å². The first-order valence-corrected chi connectivity index (χ1v) is 9.08. The number of hydrogen-bond donors (Lipinski definition) is 2. The van der Waals surface area contributed by atoms with Crippen molar-refractivity contribution in [3.8, 4) is 0 Å². The van der Waals surface area contributed by atoms with Crippen LogP contribution >= 0.6 is 11.6 Å². The van der Waals surface area contributed by atoms with Gasteiger partial charge in [0, 0.05) is 42.7 Å². The molecule has 3 rings (SSSR count). The van der Waals surface area contributed by atoms with E-state index in [1.54, 1.807) is 36.7 Å². The van der Waals surface area contributed by atoms with E-state index in [2.05, 4.69) is 20.5 Å². The molecule has 142 valence electrons. The number of rotatable bonds is 5. The molecule has 7 nitrogen and oxygen atoms in total. The zero-order valence-corrected chi connectivity index (χ0v) is 15.5. The summed E-state index contributed by atoms with van der Waals surface area (Å²) in [6.07, 6.45) is 3.48. The Morgan fingerprint density at radius 3 is 2.70 bits per heavy atom. The van der Waals surface area contributed by atoms with Crippen molar-refractivity contribution in [3.05, 3.63) is 59.4 Å². The number of benzene rings is 1. The molecule has 1 aliphatic heterocycles. The maximum Gasteiger partial charge on any atom is 0.313 e. The van der Waals surface area contributed by atoms with Gasteiger partial charge in [0.25, 0.3) is 0 Å². The monoisotopic (exact) mass is 388 g/mol. The summed E-state index contributed by atoms with van der Waals surface area (Å²) in [5.41, 5.74) is 1.45. The lowest BCUT2D eigenvalue weighted by Gasteiger charge is -2.34. The van der Waals surface area contributed by atoms with Gasteiger partial charge >= 0.3 is 11.8 Å². The van der Waals surface area contributed by atoms with Gasteiger partial charge in [-0.3, -0.25) is 19.5 Å². The number of amides is 2. The third-order valence-electron chi connectivity index (χ3n) is 4.30. The molecule has 2 amide bonds. The van der Waals surface area contributed by atoms with Gasteiger partial charge in [-0.2, -0.15) is 0 Å². The van der Waals surface area contributed by atoms with E-state index in [-0.39, 0.29) is 6.04 Å². The Hall–Kier alpha value is -2.48. The third-order valence-corrected chi connectivity index (χ3v) is 4.54. The van der Waals surface area contributed by atoms with Gasteiger partial charge in [0.05, 0.1) is 19.3 Å². The highest BCUT2D eigenvalue weighted by atomic mass is 35.5. The van der Waals surface area contributed by atoms with Crippen molar-refractivity contribution in [3.63, 3.8) is 0 Å². The fourth-order valence-electron chi connectivity index (χ4n) is 2.94. The Labute approximate surface area is 162 Å². The number of carbonyl (C=O) groups excluding carboxylic acids is 2. The maximum atomic E-state index is 12.2. The van der Waals surface area contributed by atoms with Crippen LogP contribution in [0.5, 0.6) is 0 Å². The third kappa shape index (κ3) is 5.50. The molecule has 2 aromatic rings. The molecule has 1 saturated heterocycles. The fourth-order valence-corrected chi connectivity index (χ4v) is 3.13. The van der Waals surface area contributed by atoms with Gasteiger partial charge in [-0.1, -0.05) is 23.7 Å². The summed E-state index contributed by atoms with van der Waals surface area (Å²) in [4.78, 5) is 30.8. The number of ether oxygens (including phenoxy) is 1. The first kappa shape index (κ1) is 19.3. The zero-order valence-electron chi connectivity index (χ0n) is 14.7. The minimum Gasteiger partial charge on any atom is -0.379 e. The molecule has 1 aromatic heterocycles. The summed E-state index contributed by atoms with van der Waals surface area (Å²) in [5.74, 6) is -1.43. The molecule has 2 N–H and O–H groups in total. The smallest absolute Gasteiger partial charge is 0.313 e. The van der Waals surface area contributed by atoms with Crippen molar-refractivity contribution < 1.29 is 14.3 Å². The van der Waals surface area contributed by atoms with Crippen LogP contribution in [0.2, 0.25) is 5.02 Å². The van der Waals surface area contributed by atoms with Gasteiger partial charge < -0.3 is 15.4 Å². The highest BCUT2D eigenvalue weighted by Gasteiger charge is 2.24. The van der Waals surface area contributed by atoms with Crippen LogP contribution in [0.15, 0.2) is 48.8 Å². The normalized spacial score (nSPS) is 15.7. The number of carbonyl (C=O) groups is 2. The first-order chi connectivity index (χ1) is 13.1. The second-order valence-corrected chi connectivity index (χ2v) is 6.56.